The maximum Gasteiger partial charge on any atom is 0.443 e. The molecule has 0 aliphatic heterocycles. The van der Waals surface area contributed by atoms with Gasteiger partial charge in [-0.1, -0.05) is 29.8 Å². The highest BCUT2D eigenvalue weighted by molar-refractivity contribution is 7.11. The summed E-state index contributed by atoms with van der Waals surface area (Å²) in [5.74, 6) is 0. The average Bonchev–Trinajstić information content (AvgIpc) is 2.78. The zero-order chi connectivity index (χ0) is 14.3. The molecule has 1 aromatic heterocycles. The van der Waals surface area contributed by atoms with E-state index in [9.17, 15) is 18.3 Å². The molecule has 1 aromatic carbocycles. The van der Waals surface area contributed by atoms with Gasteiger partial charge in [0.1, 0.15) is 5.60 Å². The maximum absolute atomic E-state index is 12.5. The van der Waals surface area contributed by atoms with E-state index < -0.39 is 16.8 Å². The van der Waals surface area contributed by atoms with Crippen LogP contribution in [0.3, 0.4) is 0 Å². The Labute approximate surface area is 112 Å². The molecule has 0 spiro atoms. The summed E-state index contributed by atoms with van der Waals surface area (Å²) < 4.78 is 37.6. The smallest absolute Gasteiger partial charge is 0.380 e. The van der Waals surface area contributed by atoms with Crippen molar-refractivity contribution in [3.05, 3.63) is 51.5 Å². The van der Waals surface area contributed by atoms with Crippen molar-refractivity contribution in [3.63, 3.8) is 0 Å². The molecule has 1 atom stereocenters. The van der Waals surface area contributed by atoms with Gasteiger partial charge in [0.2, 0.25) is 0 Å². The van der Waals surface area contributed by atoms with Gasteiger partial charge in [-0.2, -0.15) is 13.2 Å². The number of rotatable bonds is 2. The van der Waals surface area contributed by atoms with Gasteiger partial charge in [-0.15, -0.1) is 11.3 Å². The Hall–Kier alpha value is -1.40. The highest BCUT2D eigenvalue weighted by Crippen LogP contribution is 2.38. The minimum atomic E-state index is -4.48. The van der Waals surface area contributed by atoms with E-state index in [1.165, 1.54) is 6.92 Å². The van der Waals surface area contributed by atoms with Crippen LogP contribution >= 0.6 is 11.3 Å². The summed E-state index contributed by atoms with van der Waals surface area (Å²) in [5, 5.41) is 9.52. The zero-order valence-corrected chi connectivity index (χ0v) is 11.1. The first-order valence-corrected chi connectivity index (χ1v) is 6.36. The van der Waals surface area contributed by atoms with Crippen LogP contribution in [0, 0.1) is 6.92 Å². The molecule has 0 aliphatic rings. The molecule has 1 unspecified atom stereocenters. The van der Waals surface area contributed by atoms with Crippen molar-refractivity contribution in [2.24, 2.45) is 0 Å². The number of benzene rings is 1. The molecule has 2 aromatic rings. The molecule has 0 fully saturated rings. The van der Waals surface area contributed by atoms with Gasteiger partial charge in [-0.05, 0) is 19.4 Å². The van der Waals surface area contributed by atoms with Crippen LogP contribution in [0.2, 0.25) is 0 Å². The number of alkyl halides is 3. The van der Waals surface area contributed by atoms with E-state index in [1.54, 1.807) is 18.2 Å². The standard InChI is InChI=1S/C13H12F3NOS/c1-8-4-3-5-9(6-8)12(2,18)10-7-17-11(19-10)13(14,15)16/h3-7,18H,1-2H3. The molecule has 0 saturated carbocycles. The number of halogens is 3. The van der Waals surface area contributed by atoms with Gasteiger partial charge < -0.3 is 5.11 Å². The van der Waals surface area contributed by atoms with Crippen LogP contribution < -0.4 is 0 Å². The fraction of sp³-hybridized carbons (Fsp3) is 0.308. The van der Waals surface area contributed by atoms with Gasteiger partial charge >= 0.3 is 6.18 Å². The van der Waals surface area contributed by atoms with E-state index in [-0.39, 0.29) is 4.88 Å². The van der Waals surface area contributed by atoms with Crippen molar-refractivity contribution >= 4 is 11.3 Å². The highest BCUT2D eigenvalue weighted by Gasteiger charge is 2.37. The molecule has 102 valence electrons. The van der Waals surface area contributed by atoms with E-state index in [2.05, 4.69) is 4.98 Å². The molecule has 0 bridgehead atoms. The Morgan fingerprint density at radius 2 is 1.95 bits per heavy atom. The molecular formula is C13H12F3NOS. The van der Waals surface area contributed by atoms with Gasteiger partial charge in [-0.25, -0.2) is 4.98 Å². The Balaban J connectivity index is 2.42. The van der Waals surface area contributed by atoms with Gasteiger partial charge in [0, 0.05) is 6.20 Å². The van der Waals surface area contributed by atoms with Crippen LogP contribution in [0.25, 0.3) is 0 Å². The number of aliphatic hydroxyl groups is 1. The predicted molar refractivity (Wildman–Crippen MR) is 67.0 cm³/mol. The van der Waals surface area contributed by atoms with Crippen molar-refractivity contribution in [1.82, 2.24) is 4.98 Å². The number of hydrogen-bond acceptors (Lipinski definition) is 3. The van der Waals surface area contributed by atoms with Crippen LogP contribution in [0.1, 0.15) is 27.9 Å². The number of thiazole rings is 1. The number of aromatic nitrogens is 1. The lowest BCUT2D eigenvalue weighted by molar-refractivity contribution is -0.137. The van der Waals surface area contributed by atoms with Crippen LogP contribution in [-0.4, -0.2) is 10.1 Å². The number of nitrogens with zero attached hydrogens (tertiary/aromatic N) is 1. The van der Waals surface area contributed by atoms with Gasteiger partial charge in [0.15, 0.2) is 5.01 Å². The van der Waals surface area contributed by atoms with Gasteiger partial charge in [0.05, 0.1) is 4.88 Å². The molecule has 0 aliphatic carbocycles. The van der Waals surface area contributed by atoms with Crippen molar-refractivity contribution in [1.29, 1.82) is 0 Å². The van der Waals surface area contributed by atoms with Gasteiger partial charge in [0.25, 0.3) is 0 Å². The quantitative estimate of drug-likeness (QED) is 0.913. The summed E-state index contributed by atoms with van der Waals surface area (Å²) in [7, 11) is 0. The first-order chi connectivity index (χ1) is 8.71. The second-order valence-electron chi connectivity index (χ2n) is 4.47. The largest absolute Gasteiger partial charge is 0.443 e. The zero-order valence-electron chi connectivity index (χ0n) is 10.3. The topological polar surface area (TPSA) is 33.1 Å². The Kier molecular flexibility index (Phi) is 3.40. The molecule has 1 N–H and O–H groups in total. The van der Waals surface area contributed by atoms with Crippen LogP contribution in [0.5, 0.6) is 0 Å². The fourth-order valence-corrected chi connectivity index (χ4v) is 2.57. The maximum atomic E-state index is 12.5. The minimum absolute atomic E-state index is 0.172. The normalized spacial score (nSPS) is 15.3. The minimum Gasteiger partial charge on any atom is -0.380 e. The van der Waals surface area contributed by atoms with Crippen LogP contribution in [-0.2, 0) is 11.8 Å². The van der Waals surface area contributed by atoms with Crippen LogP contribution in [0.15, 0.2) is 30.5 Å². The third kappa shape index (κ3) is 2.79. The fourth-order valence-electron chi connectivity index (χ4n) is 1.72. The van der Waals surface area contributed by atoms with E-state index in [0.717, 1.165) is 11.8 Å². The molecule has 2 rings (SSSR count). The van der Waals surface area contributed by atoms with Crippen molar-refractivity contribution in [2.75, 3.05) is 0 Å². The lowest BCUT2D eigenvalue weighted by Crippen LogP contribution is -2.21. The second kappa shape index (κ2) is 4.61. The summed E-state index contributed by atoms with van der Waals surface area (Å²) >= 11 is 0.461. The molecule has 19 heavy (non-hydrogen) atoms. The lowest BCUT2D eigenvalue weighted by atomic mass is 9.94. The van der Waals surface area contributed by atoms with E-state index in [0.29, 0.717) is 16.9 Å². The van der Waals surface area contributed by atoms with Crippen molar-refractivity contribution in [2.45, 2.75) is 25.6 Å². The molecule has 6 heteroatoms. The third-order valence-electron chi connectivity index (χ3n) is 2.81. The molecule has 0 amide bonds. The average molecular weight is 287 g/mol. The third-order valence-corrected chi connectivity index (χ3v) is 4.06. The highest BCUT2D eigenvalue weighted by atomic mass is 32.1. The number of aryl methyl sites for hydroxylation is 1. The first kappa shape index (κ1) is 14.0. The van der Waals surface area contributed by atoms with Crippen molar-refractivity contribution < 1.29 is 18.3 Å². The first-order valence-electron chi connectivity index (χ1n) is 5.54. The van der Waals surface area contributed by atoms with Crippen LogP contribution in [0.4, 0.5) is 13.2 Å². The lowest BCUT2D eigenvalue weighted by Gasteiger charge is -2.22. The number of hydrogen-bond donors (Lipinski definition) is 1. The molecule has 2 nitrogen and oxygen atoms in total. The monoisotopic (exact) mass is 287 g/mol. The summed E-state index contributed by atoms with van der Waals surface area (Å²) in [6.45, 7) is 3.32. The predicted octanol–water partition coefficient (Wildman–Crippen LogP) is 3.73. The molecule has 0 saturated heterocycles. The summed E-state index contributed by atoms with van der Waals surface area (Å²) in [4.78, 5) is 3.51. The Bertz CT molecular complexity index is 590. The second-order valence-corrected chi connectivity index (χ2v) is 5.50. The summed E-state index contributed by atoms with van der Waals surface area (Å²) in [6, 6.07) is 7.03. The SMILES string of the molecule is Cc1cccc(C(C)(O)c2cnc(C(F)(F)F)s2)c1. The summed E-state index contributed by atoms with van der Waals surface area (Å²) in [5.41, 5.74) is -0.00379. The Morgan fingerprint density at radius 3 is 2.47 bits per heavy atom. The molecule has 0 radical (unpaired) electrons. The molecular weight excluding hydrogens is 275 g/mol. The Morgan fingerprint density at radius 1 is 1.26 bits per heavy atom. The van der Waals surface area contributed by atoms with E-state index in [1.807, 2.05) is 13.0 Å². The molecule has 1 heterocycles. The van der Waals surface area contributed by atoms with E-state index in [4.69, 9.17) is 0 Å². The summed E-state index contributed by atoms with van der Waals surface area (Å²) in [6.07, 6.45) is -3.40. The van der Waals surface area contributed by atoms with Crippen molar-refractivity contribution in [3.8, 4) is 0 Å². The van der Waals surface area contributed by atoms with Gasteiger partial charge in [-0.3, -0.25) is 0 Å². The van der Waals surface area contributed by atoms with E-state index >= 15 is 0 Å².